The number of rotatable bonds is 7. The van der Waals surface area contributed by atoms with Crippen molar-refractivity contribution >= 4 is 11.8 Å². The molecule has 21 heavy (non-hydrogen) atoms. The molecular weight excluding hydrogens is 262 g/mol. The molecular formula is C18H21NO2. The predicted octanol–water partition coefficient (Wildman–Crippen LogP) is 3.62. The molecule has 1 aliphatic rings. The van der Waals surface area contributed by atoms with Gasteiger partial charge in [-0.05, 0) is 24.6 Å². The number of benzene rings is 1. The van der Waals surface area contributed by atoms with Crippen LogP contribution in [0.3, 0.4) is 0 Å². The van der Waals surface area contributed by atoms with E-state index >= 15 is 0 Å². The van der Waals surface area contributed by atoms with Gasteiger partial charge in [0.15, 0.2) is 0 Å². The maximum atomic E-state index is 12.3. The summed E-state index contributed by atoms with van der Waals surface area (Å²) in [7, 11) is 0. The van der Waals surface area contributed by atoms with Crippen molar-refractivity contribution < 1.29 is 9.59 Å². The van der Waals surface area contributed by atoms with Gasteiger partial charge in [-0.2, -0.15) is 0 Å². The Balaban J connectivity index is 1.93. The fourth-order valence-corrected chi connectivity index (χ4v) is 2.63. The van der Waals surface area contributed by atoms with Crippen LogP contribution in [-0.4, -0.2) is 23.3 Å². The quantitative estimate of drug-likeness (QED) is 0.435. The summed E-state index contributed by atoms with van der Waals surface area (Å²) in [6, 6.07) is 5.00. The Bertz CT molecular complexity index is 583. The highest BCUT2D eigenvalue weighted by Gasteiger charge is 2.34. The van der Waals surface area contributed by atoms with Gasteiger partial charge in [-0.25, -0.2) is 0 Å². The zero-order chi connectivity index (χ0) is 15.2. The van der Waals surface area contributed by atoms with Gasteiger partial charge in [0, 0.05) is 12.1 Å². The minimum absolute atomic E-state index is 0.188. The molecule has 0 aliphatic carbocycles. The molecule has 1 aromatic rings. The summed E-state index contributed by atoms with van der Waals surface area (Å²) in [6.07, 6.45) is 12.1. The van der Waals surface area contributed by atoms with Gasteiger partial charge in [0.25, 0.3) is 11.8 Å². The van der Waals surface area contributed by atoms with Crippen LogP contribution in [0.15, 0.2) is 18.2 Å². The normalized spacial score (nSPS) is 13.4. The molecule has 1 aromatic carbocycles. The minimum Gasteiger partial charge on any atom is -0.274 e. The number of amides is 2. The predicted molar refractivity (Wildman–Crippen MR) is 83.1 cm³/mol. The first-order valence-corrected chi connectivity index (χ1v) is 7.66. The molecule has 0 saturated heterocycles. The highest BCUT2D eigenvalue weighted by atomic mass is 16.2. The van der Waals surface area contributed by atoms with Crippen LogP contribution >= 0.6 is 0 Å². The Morgan fingerprint density at radius 3 is 2.38 bits per heavy atom. The lowest BCUT2D eigenvalue weighted by molar-refractivity contribution is 0.0651. The first kappa shape index (κ1) is 15.3. The number of hydrogen-bond acceptors (Lipinski definition) is 2. The number of carbonyl (C=O) groups excluding carboxylic acids is 2. The van der Waals surface area contributed by atoms with Gasteiger partial charge < -0.3 is 0 Å². The fraction of sp³-hybridized carbons (Fsp3) is 0.444. The van der Waals surface area contributed by atoms with Crippen molar-refractivity contribution in [2.75, 3.05) is 6.54 Å². The topological polar surface area (TPSA) is 37.4 Å². The summed E-state index contributed by atoms with van der Waals surface area (Å²) in [5.41, 5.74) is 1.56. The zero-order valence-electron chi connectivity index (χ0n) is 12.5. The van der Waals surface area contributed by atoms with E-state index in [1.165, 1.54) is 24.2 Å². The molecule has 110 valence electrons. The van der Waals surface area contributed by atoms with E-state index in [1.54, 1.807) is 18.2 Å². The molecule has 0 fully saturated rings. The number of unbranched alkanes of at least 4 members (excludes halogenated alkanes) is 5. The van der Waals surface area contributed by atoms with Gasteiger partial charge in [0.05, 0.1) is 11.1 Å². The lowest BCUT2D eigenvalue weighted by Gasteiger charge is -2.13. The van der Waals surface area contributed by atoms with Crippen molar-refractivity contribution in [3.05, 3.63) is 34.9 Å². The van der Waals surface area contributed by atoms with Crippen LogP contribution in [0, 0.1) is 12.3 Å². The molecule has 0 atom stereocenters. The Morgan fingerprint density at radius 2 is 1.67 bits per heavy atom. The monoisotopic (exact) mass is 283 g/mol. The summed E-state index contributed by atoms with van der Waals surface area (Å²) in [5.74, 6) is 2.10. The zero-order valence-corrected chi connectivity index (χ0v) is 12.5. The number of terminal acetylenes is 1. The van der Waals surface area contributed by atoms with Gasteiger partial charge >= 0.3 is 0 Å². The van der Waals surface area contributed by atoms with Gasteiger partial charge in [0.1, 0.15) is 0 Å². The molecule has 0 unspecified atom stereocenters. The van der Waals surface area contributed by atoms with Gasteiger partial charge in [-0.1, -0.05) is 44.9 Å². The van der Waals surface area contributed by atoms with Crippen molar-refractivity contribution in [1.82, 2.24) is 4.90 Å². The molecule has 2 rings (SSSR count). The second-order valence-corrected chi connectivity index (χ2v) is 5.43. The third kappa shape index (κ3) is 3.33. The number of imide groups is 1. The van der Waals surface area contributed by atoms with Crippen LogP contribution in [-0.2, 0) is 0 Å². The molecule has 2 amide bonds. The molecule has 0 aromatic heterocycles. The third-order valence-corrected chi connectivity index (χ3v) is 3.87. The van der Waals surface area contributed by atoms with Crippen molar-refractivity contribution in [2.24, 2.45) is 0 Å². The van der Waals surface area contributed by atoms with Crippen LogP contribution in [0.5, 0.6) is 0 Å². The molecule has 0 bridgehead atoms. The maximum Gasteiger partial charge on any atom is 0.261 e. The van der Waals surface area contributed by atoms with E-state index in [4.69, 9.17) is 6.42 Å². The van der Waals surface area contributed by atoms with Crippen LogP contribution in [0.4, 0.5) is 0 Å². The molecule has 3 heteroatoms. The summed E-state index contributed by atoms with van der Waals surface area (Å²) in [6.45, 7) is 2.69. The Morgan fingerprint density at radius 1 is 1.00 bits per heavy atom. The molecule has 1 heterocycles. The van der Waals surface area contributed by atoms with Crippen LogP contribution < -0.4 is 0 Å². The average molecular weight is 283 g/mol. The second kappa shape index (κ2) is 7.08. The Kier molecular flexibility index (Phi) is 5.16. The number of nitrogens with zero attached hydrogens (tertiary/aromatic N) is 1. The van der Waals surface area contributed by atoms with Crippen molar-refractivity contribution in [2.45, 2.75) is 45.4 Å². The van der Waals surface area contributed by atoms with Gasteiger partial charge in [0.2, 0.25) is 0 Å². The van der Waals surface area contributed by atoms with E-state index in [2.05, 4.69) is 12.8 Å². The smallest absolute Gasteiger partial charge is 0.261 e. The number of fused-ring (bicyclic) bond motifs is 1. The first-order chi connectivity index (χ1) is 10.2. The summed E-state index contributed by atoms with van der Waals surface area (Å²) in [5, 5.41) is 0. The van der Waals surface area contributed by atoms with E-state index in [9.17, 15) is 9.59 Å². The molecule has 0 spiro atoms. The first-order valence-electron chi connectivity index (χ1n) is 7.66. The maximum absolute atomic E-state index is 12.3. The number of hydrogen-bond donors (Lipinski definition) is 0. The molecule has 0 radical (unpaired) electrons. The van der Waals surface area contributed by atoms with Crippen LogP contribution in [0.1, 0.15) is 71.7 Å². The third-order valence-electron chi connectivity index (χ3n) is 3.87. The van der Waals surface area contributed by atoms with Crippen molar-refractivity contribution in [3.8, 4) is 12.3 Å². The number of carbonyl (C=O) groups is 2. The van der Waals surface area contributed by atoms with Gasteiger partial charge in [-0.15, -0.1) is 6.42 Å². The van der Waals surface area contributed by atoms with Gasteiger partial charge in [-0.3, -0.25) is 14.5 Å². The summed E-state index contributed by atoms with van der Waals surface area (Å²) >= 11 is 0. The van der Waals surface area contributed by atoms with E-state index in [0.717, 1.165) is 19.3 Å². The fourth-order valence-electron chi connectivity index (χ4n) is 2.63. The van der Waals surface area contributed by atoms with Crippen LogP contribution in [0.2, 0.25) is 0 Å². The molecule has 0 N–H and O–H groups in total. The van der Waals surface area contributed by atoms with Crippen molar-refractivity contribution in [3.63, 3.8) is 0 Å². The largest absolute Gasteiger partial charge is 0.274 e. The molecule has 0 saturated carbocycles. The van der Waals surface area contributed by atoms with Crippen LogP contribution in [0.25, 0.3) is 0 Å². The minimum atomic E-state index is -0.208. The lowest BCUT2D eigenvalue weighted by Crippen LogP contribution is -2.30. The second-order valence-electron chi connectivity index (χ2n) is 5.43. The van der Waals surface area contributed by atoms with E-state index < -0.39 is 0 Å². The van der Waals surface area contributed by atoms with E-state index in [0.29, 0.717) is 23.2 Å². The summed E-state index contributed by atoms with van der Waals surface area (Å²) in [4.78, 5) is 25.9. The molecule has 1 aliphatic heterocycles. The lowest BCUT2D eigenvalue weighted by atomic mass is 10.1. The highest BCUT2D eigenvalue weighted by Crippen LogP contribution is 2.24. The standard InChI is InChI=1S/C18H21NO2/c1-3-5-6-7-8-9-12-19-17(20)15-11-10-14(4-2)13-16(15)18(19)21/h2,10-11,13H,3,5-9,12H2,1H3. The highest BCUT2D eigenvalue weighted by molar-refractivity contribution is 6.21. The van der Waals surface area contributed by atoms with Crippen molar-refractivity contribution in [1.29, 1.82) is 0 Å². The van der Waals surface area contributed by atoms with E-state index in [1.807, 2.05) is 0 Å². The van der Waals surface area contributed by atoms with E-state index in [-0.39, 0.29) is 11.8 Å². The Labute approximate surface area is 126 Å². The summed E-state index contributed by atoms with van der Waals surface area (Å²) < 4.78 is 0. The SMILES string of the molecule is C#Cc1ccc2c(c1)C(=O)N(CCCCCCCC)C2=O. The Hall–Kier alpha value is -2.08. The average Bonchev–Trinajstić information content (AvgIpc) is 2.74. The molecule has 3 nitrogen and oxygen atoms in total.